The summed E-state index contributed by atoms with van der Waals surface area (Å²) in [6, 6.07) is 57.5. The first-order valence-corrected chi connectivity index (χ1v) is 46.6. The minimum Gasteiger partial charge on any atom is -0.379 e. The van der Waals surface area contributed by atoms with Gasteiger partial charge in [-0.25, -0.2) is 45.2 Å². The number of pyridine rings is 4. The molecule has 0 unspecified atom stereocenters. The molecule has 8 aromatic heterocycles. The molecule has 19 rings (SSSR count). The second kappa shape index (κ2) is 36.0. The highest BCUT2D eigenvalue weighted by molar-refractivity contribution is 7.92. The van der Waals surface area contributed by atoms with Gasteiger partial charge >= 0.3 is 0 Å². The molecule has 0 spiro atoms. The molecule has 0 atom stereocenters. The fraction of sp³-hybridized carbons (Fsp3) is 0.371. The predicted molar refractivity (Wildman–Crippen MR) is 463 cm³/mol. The Morgan fingerprint density at radius 3 is 0.840 bits per heavy atom. The lowest BCUT2D eigenvalue weighted by Gasteiger charge is -2.26. The molecule has 3 saturated carbocycles. The van der Waals surface area contributed by atoms with E-state index in [2.05, 4.69) is 164 Å². The van der Waals surface area contributed by atoms with Gasteiger partial charge in [-0.3, -0.25) is 56.4 Å². The largest absolute Gasteiger partial charge is 0.379 e. The Hall–Kier alpha value is -10.8. The van der Waals surface area contributed by atoms with Crippen molar-refractivity contribution in [2.45, 2.75) is 85.0 Å². The number of ether oxygens (including phenoxy) is 1. The number of amides is 4. The zero-order chi connectivity index (χ0) is 82.4. The zero-order valence-electron chi connectivity index (χ0n) is 67.0. The average molecular weight is 1670 g/mol. The van der Waals surface area contributed by atoms with E-state index >= 15 is 0 Å². The second-order valence-electron chi connectivity index (χ2n) is 32.3. The minimum absolute atomic E-state index is 0.0508. The molecular formula is C89H100N16O11S3. The van der Waals surface area contributed by atoms with Gasteiger partial charge in [0.05, 0.1) is 95.3 Å². The Balaban J connectivity index is 0.000000118. The van der Waals surface area contributed by atoms with Gasteiger partial charge in [0.2, 0.25) is 23.6 Å². The third-order valence-electron chi connectivity index (χ3n) is 22.9. The number of benzene rings is 4. The van der Waals surface area contributed by atoms with E-state index in [-0.39, 0.29) is 81.8 Å². The zero-order valence-corrected chi connectivity index (χ0v) is 69.4. The molecule has 27 nitrogen and oxygen atoms in total. The van der Waals surface area contributed by atoms with Gasteiger partial charge in [0, 0.05) is 102 Å². The summed E-state index contributed by atoms with van der Waals surface area (Å²) < 4.78 is 83.0. The van der Waals surface area contributed by atoms with Gasteiger partial charge in [-0.05, 0) is 132 Å². The van der Waals surface area contributed by atoms with Crippen LogP contribution in [0, 0.1) is 23.7 Å². The van der Waals surface area contributed by atoms with Crippen LogP contribution in [0.4, 0.5) is 23.3 Å². The van der Waals surface area contributed by atoms with E-state index in [1.54, 1.807) is 0 Å². The molecule has 12 heterocycles. The van der Waals surface area contributed by atoms with Crippen LogP contribution in [-0.4, -0.2) is 206 Å². The number of carbonyl (C=O) groups excluding carboxylic acids is 4. The number of nitrogens with zero attached hydrogens (tertiary/aromatic N) is 12. The van der Waals surface area contributed by atoms with Crippen LogP contribution in [0.15, 0.2) is 195 Å². The Kier molecular flexibility index (Phi) is 24.8. The standard InChI is InChI=1S/C23H26N4O3S.C22H24N4O3S.C22H26N4O3S.C22H24N4O2/c28-23(19-3-1-4-19)25-21-16-27-20(5-2-6-22(27)24-21)18-9-7-17(8-10-18)15-26-11-13-31(29,30)14-12-26;27-22(18-8-9-18)24-20-15-26-19(2-1-3-21(26)23-20)17-6-4-16(5-7-17)14-25-10-12-30(28,29)13-11-25;1-16(2)22(27)24-20-15-26-19(4-3-5-21(26)23-20)18-8-6-17(7-9-18)14-25-10-12-30(28,29)13-11-25;27-22(18-8-9-18)24-20-15-26-19(2-1-3-21(26)23-20)17-6-4-16(5-7-17)14-25-10-12-28-13-11-25/h2,5-10,16,19H,1,3-4,11-15H2,(H,25,28);1-7,15,18H,8-14H2,(H,24,27);3-9,15-16H,10-14H2,1-2H3,(H,24,27);1-7,15,18H,8-14H2,(H,24,27). The first-order valence-electron chi connectivity index (χ1n) is 41.1. The van der Waals surface area contributed by atoms with Crippen molar-refractivity contribution in [1.29, 1.82) is 0 Å². The van der Waals surface area contributed by atoms with Crippen molar-refractivity contribution in [3.8, 4) is 45.0 Å². The molecule has 4 amide bonds. The van der Waals surface area contributed by atoms with Crippen molar-refractivity contribution in [3.05, 3.63) is 217 Å². The summed E-state index contributed by atoms with van der Waals surface area (Å²) in [5.41, 5.74) is 16.3. The van der Waals surface area contributed by atoms with E-state index in [4.69, 9.17) is 4.74 Å². The molecule has 0 radical (unpaired) electrons. The van der Waals surface area contributed by atoms with Gasteiger partial charge in [0.1, 0.15) is 22.6 Å². The molecule has 30 heteroatoms. The van der Waals surface area contributed by atoms with Crippen LogP contribution < -0.4 is 21.3 Å². The maximum Gasteiger partial charge on any atom is 0.228 e. The summed E-state index contributed by atoms with van der Waals surface area (Å²) in [4.78, 5) is 75.4. The van der Waals surface area contributed by atoms with Gasteiger partial charge in [-0.15, -0.1) is 0 Å². The number of aromatic nitrogens is 8. The Morgan fingerprint density at radius 1 is 0.345 bits per heavy atom. The highest BCUT2D eigenvalue weighted by Crippen LogP contribution is 2.34. The molecule has 620 valence electrons. The first kappa shape index (κ1) is 81.9. The number of carbonyl (C=O) groups is 4. The number of anilines is 4. The Morgan fingerprint density at radius 2 is 0.597 bits per heavy atom. The van der Waals surface area contributed by atoms with Crippen LogP contribution in [0.1, 0.15) is 81.0 Å². The number of fused-ring (bicyclic) bond motifs is 4. The van der Waals surface area contributed by atoms with Crippen LogP contribution in [0.5, 0.6) is 0 Å². The first-order chi connectivity index (χ1) is 57.5. The molecule has 4 saturated heterocycles. The van der Waals surface area contributed by atoms with Crippen LogP contribution in [0.3, 0.4) is 0 Å². The summed E-state index contributed by atoms with van der Waals surface area (Å²) in [5.74, 6) is 4.23. The molecule has 7 fully saturated rings. The van der Waals surface area contributed by atoms with Gasteiger partial charge < -0.3 is 26.0 Å². The lowest BCUT2D eigenvalue weighted by molar-refractivity contribution is -0.122. The summed E-state index contributed by atoms with van der Waals surface area (Å²) in [6.07, 6.45) is 14.4. The lowest BCUT2D eigenvalue weighted by atomic mass is 9.85. The van der Waals surface area contributed by atoms with Gasteiger partial charge in [0.15, 0.2) is 52.8 Å². The summed E-state index contributed by atoms with van der Waals surface area (Å²) in [6.45, 7) is 14.1. The van der Waals surface area contributed by atoms with Crippen LogP contribution in [0.25, 0.3) is 67.6 Å². The maximum atomic E-state index is 12.3. The summed E-state index contributed by atoms with van der Waals surface area (Å²) >= 11 is 0. The topological polar surface area (TPSA) is 310 Å². The summed E-state index contributed by atoms with van der Waals surface area (Å²) in [5, 5.41) is 11.7. The molecule has 4 aliphatic heterocycles. The van der Waals surface area contributed by atoms with Crippen LogP contribution in [0.2, 0.25) is 0 Å². The smallest absolute Gasteiger partial charge is 0.228 e. The number of hydrogen-bond acceptors (Lipinski definition) is 19. The van der Waals surface area contributed by atoms with Crippen molar-refractivity contribution in [1.82, 2.24) is 57.1 Å². The highest BCUT2D eigenvalue weighted by Gasteiger charge is 2.33. The third-order valence-corrected chi connectivity index (χ3v) is 27.7. The molecular weight excluding hydrogens is 1570 g/mol. The highest BCUT2D eigenvalue weighted by atomic mass is 32.2. The Bertz CT molecular complexity index is 5810. The number of hydrogen-bond donors (Lipinski definition) is 4. The van der Waals surface area contributed by atoms with Crippen molar-refractivity contribution >= 4 is 99.0 Å². The SMILES string of the molecule is CC(C)C(=O)Nc1cn2c(-c3ccc(CN4CCS(=O)(=O)CC4)cc3)cccc2n1.O=C(Nc1cn2c(-c3ccc(CN4CCOCC4)cc3)cccc2n1)C1CC1.O=C(Nc1cn2c(-c3ccc(CN4CCS(=O)(=O)CC4)cc3)cccc2n1)C1CC1.O=C(Nc1cn2c(-c3ccc(CN4CCS(=O)(=O)CC4)cc3)cccc2n1)C1CCC1. The quantitative estimate of drug-likeness (QED) is 0.0551. The van der Waals surface area contributed by atoms with E-state index in [1.165, 1.54) is 5.56 Å². The van der Waals surface area contributed by atoms with Crippen LogP contribution in [-0.2, 0) is 79.6 Å². The molecule has 119 heavy (non-hydrogen) atoms. The van der Waals surface area contributed by atoms with Crippen molar-refractivity contribution < 1.29 is 49.2 Å². The third kappa shape index (κ3) is 21.1. The Labute approximate surface area is 693 Å². The normalized spacial score (nSPS) is 18.2. The van der Waals surface area contributed by atoms with Crippen LogP contribution >= 0.6 is 0 Å². The van der Waals surface area contributed by atoms with E-state index in [0.717, 1.165) is 182 Å². The van der Waals surface area contributed by atoms with E-state index < -0.39 is 29.5 Å². The van der Waals surface area contributed by atoms with E-state index in [9.17, 15) is 44.4 Å². The molecule has 0 bridgehead atoms. The minimum atomic E-state index is -2.86. The number of sulfone groups is 3. The van der Waals surface area contributed by atoms with Gasteiger partial charge in [0.25, 0.3) is 0 Å². The van der Waals surface area contributed by atoms with E-state index in [0.29, 0.717) is 62.5 Å². The molecule has 4 aromatic carbocycles. The predicted octanol–water partition coefficient (Wildman–Crippen LogP) is 11.6. The number of nitrogens with one attached hydrogen (secondary N) is 4. The van der Waals surface area contributed by atoms with Crippen molar-refractivity contribution in [2.24, 2.45) is 23.7 Å². The average Bonchev–Trinajstić information content (AvgIpc) is 1.67. The molecule has 4 N–H and O–H groups in total. The van der Waals surface area contributed by atoms with Gasteiger partial charge in [-0.1, -0.05) is 142 Å². The fourth-order valence-corrected chi connectivity index (χ4v) is 19.0. The van der Waals surface area contributed by atoms with E-state index in [1.807, 2.05) is 123 Å². The summed E-state index contributed by atoms with van der Waals surface area (Å²) in [7, 11) is -8.57. The number of imidazole rings is 4. The maximum absolute atomic E-state index is 12.3. The monoisotopic (exact) mass is 1660 g/mol. The fourth-order valence-electron chi connectivity index (χ4n) is 15.2. The molecule has 12 aromatic rings. The number of rotatable bonds is 20. The molecule has 3 aliphatic carbocycles. The van der Waals surface area contributed by atoms with Gasteiger partial charge in [-0.2, -0.15) is 0 Å². The van der Waals surface area contributed by atoms with Crippen molar-refractivity contribution in [2.75, 3.05) is 121 Å². The number of morpholine rings is 1. The van der Waals surface area contributed by atoms with Crippen molar-refractivity contribution in [3.63, 3.8) is 0 Å². The lowest BCUT2D eigenvalue weighted by Crippen LogP contribution is -2.39. The second-order valence-corrected chi connectivity index (χ2v) is 39.2. The molecule has 7 aliphatic rings.